The van der Waals surface area contributed by atoms with Crippen molar-refractivity contribution in [2.75, 3.05) is 0 Å². The number of unbranched alkanes of at least 4 members (excludes halogenated alkanes) is 4. The van der Waals surface area contributed by atoms with Gasteiger partial charge in [-0.3, -0.25) is 0 Å². The van der Waals surface area contributed by atoms with Gasteiger partial charge in [0.1, 0.15) is 0 Å². The fraction of sp³-hybridized carbons (Fsp3) is 1.00. The highest BCUT2D eigenvalue weighted by Crippen LogP contribution is 2.16. The van der Waals surface area contributed by atoms with Crippen LogP contribution in [0.4, 0.5) is 0 Å². The largest absolute Gasteiger partial charge is 0.0654 e. The first kappa shape index (κ1) is 15.0. The molecule has 0 aliphatic carbocycles. The van der Waals surface area contributed by atoms with Gasteiger partial charge in [-0.25, -0.2) is 0 Å². The second-order valence-electron chi connectivity index (χ2n) is 5.63. The summed E-state index contributed by atoms with van der Waals surface area (Å²) in [4.78, 5) is 0. The van der Waals surface area contributed by atoms with E-state index in [0.717, 1.165) is 11.8 Å². The maximum Gasteiger partial charge on any atom is -0.0443 e. The van der Waals surface area contributed by atoms with Crippen molar-refractivity contribution in [3.8, 4) is 0 Å². The van der Waals surface area contributed by atoms with Gasteiger partial charge in [0, 0.05) is 0 Å². The van der Waals surface area contributed by atoms with E-state index in [1.807, 2.05) is 0 Å². The monoisotopic (exact) mass is 212 g/mol. The van der Waals surface area contributed by atoms with Crippen LogP contribution < -0.4 is 0 Å². The summed E-state index contributed by atoms with van der Waals surface area (Å²) in [6.07, 6.45) is 13.0. The van der Waals surface area contributed by atoms with Gasteiger partial charge in [-0.2, -0.15) is 0 Å². The molecule has 0 aliphatic rings. The minimum atomic E-state index is 0.898. The Hall–Kier alpha value is 0. The van der Waals surface area contributed by atoms with Gasteiger partial charge in [0.2, 0.25) is 0 Å². The van der Waals surface area contributed by atoms with Gasteiger partial charge in [-0.05, 0) is 11.8 Å². The zero-order chi connectivity index (χ0) is 11.5. The van der Waals surface area contributed by atoms with Crippen LogP contribution in [0.5, 0.6) is 0 Å². The molecule has 0 heterocycles. The summed E-state index contributed by atoms with van der Waals surface area (Å²) in [6.45, 7) is 9.35. The molecule has 0 nitrogen and oxygen atoms in total. The topological polar surface area (TPSA) is 0 Å². The zero-order valence-corrected chi connectivity index (χ0v) is 11.5. The third kappa shape index (κ3) is 11.9. The Morgan fingerprint density at radius 3 is 1.73 bits per heavy atom. The van der Waals surface area contributed by atoms with Gasteiger partial charge in [0.15, 0.2) is 0 Å². The van der Waals surface area contributed by atoms with Crippen LogP contribution in [0.1, 0.15) is 85.5 Å². The van der Waals surface area contributed by atoms with Crippen LogP contribution in [0.2, 0.25) is 0 Å². The van der Waals surface area contributed by atoms with Crippen molar-refractivity contribution in [1.82, 2.24) is 0 Å². The standard InChI is InChI=1S/C15H32/c1-5-11-15(4)13-10-8-6-7-9-12-14(2)3/h14-15H,5-13H2,1-4H3/t15-/m0/s1. The molecule has 1 atom stereocenters. The predicted molar refractivity (Wildman–Crippen MR) is 71.2 cm³/mol. The summed E-state index contributed by atoms with van der Waals surface area (Å²) < 4.78 is 0. The molecule has 0 aromatic heterocycles. The highest BCUT2D eigenvalue weighted by molar-refractivity contribution is 4.54. The van der Waals surface area contributed by atoms with E-state index in [0.29, 0.717) is 0 Å². The summed E-state index contributed by atoms with van der Waals surface area (Å²) >= 11 is 0. The van der Waals surface area contributed by atoms with Gasteiger partial charge in [-0.1, -0.05) is 85.5 Å². The highest BCUT2D eigenvalue weighted by Gasteiger charge is 2.00. The van der Waals surface area contributed by atoms with Crippen LogP contribution >= 0.6 is 0 Å². The van der Waals surface area contributed by atoms with Gasteiger partial charge in [0.25, 0.3) is 0 Å². The average molecular weight is 212 g/mol. The Bertz CT molecular complexity index is 115. The molecule has 0 aliphatic heterocycles. The second kappa shape index (κ2) is 10.5. The molecule has 0 radical (unpaired) electrons. The van der Waals surface area contributed by atoms with E-state index >= 15 is 0 Å². The van der Waals surface area contributed by atoms with E-state index in [2.05, 4.69) is 27.7 Å². The molecule has 0 unspecified atom stereocenters. The highest BCUT2D eigenvalue weighted by atomic mass is 14.1. The van der Waals surface area contributed by atoms with Crippen molar-refractivity contribution < 1.29 is 0 Å². The first-order valence-corrected chi connectivity index (χ1v) is 7.16. The fourth-order valence-electron chi connectivity index (χ4n) is 2.21. The van der Waals surface area contributed by atoms with E-state index in [1.54, 1.807) is 0 Å². The van der Waals surface area contributed by atoms with Crippen LogP contribution in [0.25, 0.3) is 0 Å². The van der Waals surface area contributed by atoms with E-state index in [4.69, 9.17) is 0 Å². The molecule has 0 amide bonds. The van der Waals surface area contributed by atoms with E-state index in [-0.39, 0.29) is 0 Å². The molecule has 0 bridgehead atoms. The molecule has 15 heavy (non-hydrogen) atoms. The second-order valence-corrected chi connectivity index (χ2v) is 5.63. The Labute approximate surface area is 97.8 Å². The molecule has 0 heteroatoms. The summed E-state index contributed by atoms with van der Waals surface area (Å²) in [5.74, 6) is 1.86. The van der Waals surface area contributed by atoms with E-state index in [9.17, 15) is 0 Å². The number of hydrogen-bond donors (Lipinski definition) is 0. The van der Waals surface area contributed by atoms with Crippen molar-refractivity contribution in [3.63, 3.8) is 0 Å². The molecule has 92 valence electrons. The van der Waals surface area contributed by atoms with E-state index in [1.165, 1.54) is 57.8 Å². The predicted octanol–water partition coefficient (Wildman–Crippen LogP) is 5.81. The van der Waals surface area contributed by atoms with Crippen LogP contribution in [-0.2, 0) is 0 Å². The first-order chi connectivity index (χ1) is 7.16. The molecule has 0 aromatic rings. The van der Waals surface area contributed by atoms with Crippen LogP contribution in [0, 0.1) is 11.8 Å². The lowest BCUT2D eigenvalue weighted by Gasteiger charge is -2.09. The molecule has 0 saturated carbocycles. The Morgan fingerprint density at radius 1 is 0.667 bits per heavy atom. The van der Waals surface area contributed by atoms with Crippen LogP contribution in [0.15, 0.2) is 0 Å². The van der Waals surface area contributed by atoms with Crippen molar-refractivity contribution in [2.45, 2.75) is 85.5 Å². The zero-order valence-electron chi connectivity index (χ0n) is 11.5. The molecular weight excluding hydrogens is 180 g/mol. The van der Waals surface area contributed by atoms with Crippen LogP contribution in [-0.4, -0.2) is 0 Å². The lowest BCUT2D eigenvalue weighted by atomic mass is 9.97. The quantitative estimate of drug-likeness (QED) is 0.401. The molecule has 0 aromatic carbocycles. The third-order valence-electron chi connectivity index (χ3n) is 3.26. The summed E-state index contributed by atoms with van der Waals surface area (Å²) in [6, 6.07) is 0. The van der Waals surface area contributed by atoms with E-state index < -0.39 is 0 Å². The van der Waals surface area contributed by atoms with Crippen molar-refractivity contribution in [1.29, 1.82) is 0 Å². The van der Waals surface area contributed by atoms with Gasteiger partial charge in [0.05, 0.1) is 0 Å². The number of rotatable bonds is 10. The van der Waals surface area contributed by atoms with Gasteiger partial charge < -0.3 is 0 Å². The van der Waals surface area contributed by atoms with Gasteiger partial charge >= 0.3 is 0 Å². The van der Waals surface area contributed by atoms with Crippen molar-refractivity contribution in [3.05, 3.63) is 0 Å². The lowest BCUT2D eigenvalue weighted by Crippen LogP contribution is -1.93. The third-order valence-corrected chi connectivity index (χ3v) is 3.26. The fourth-order valence-corrected chi connectivity index (χ4v) is 2.21. The molecule has 0 N–H and O–H groups in total. The molecule has 0 spiro atoms. The molecule has 0 saturated heterocycles. The number of hydrogen-bond acceptors (Lipinski definition) is 0. The normalized spacial score (nSPS) is 13.4. The summed E-state index contributed by atoms with van der Waals surface area (Å²) in [5.41, 5.74) is 0. The maximum atomic E-state index is 2.41. The molecule has 0 rings (SSSR count). The Balaban J connectivity index is 3.04. The Kier molecular flexibility index (Phi) is 10.5. The van der Waals surface area contributed by atoms with Crippen LogP contribution in [0.3, 0.4) is 0 Å². The SMILES string of the molecule is CCC[C@H](C)CCCCCCCC(C)C. The minimum Gasteiger partial charge on any atom is -0.0654 e. The van der Waals surface area contributed by atoms with Crippen molar-refractivity contribution in [2.24, 2.45) is 11.8 Å². The lowest BCUT2D eigenvalue weighted by molar-refractivity contribution is 0.446. The molecular formula is C15H32. The maximum absolute atomic E-state index is 2.41. The molecule has 0 fully saturated rings. The smallest absolute Gasteiger partial charge is 0.0443 e. The van der Waals surface area contributed by atoms with Crippen molar-refractivity contribution >= 4 is 0 Å². The first-order valence-electron chi connectivity index (χ1n) is 7.16. The van der Waals surface area contributed by atoms with Gasteiger partial charge in [-0.15, -0.1) is 0 Å². The average Bonchev–Trinajstić information content (AvgIpc) is 2.16. The summed E-state index contributed by atoms with van der Waals surface area (Å²) in [7, 11) is 0. The Morgan fingerprint density at radius 2 is 1.20 bits per heavy atom. The minimum absolute atomic E-state index is 0.898. The summed E-state index contributed by atoms with van der Waals surface area (Å²) in [5, 5.41) is 0.